The Morgan fingerprint density at radius 3 is 2.94 bits per heavy atom. The Kier molecular flexibility index (Phi) is 5.81. The number of nitrogens with zero attached hydrogens (tertiary/aromatic N) is 2. The summed E-state index contributed by atoms with van der Waals surface area (Å²) in [5, 5.41) is 13.7. The minimum absolute atomic E-state index is 0.0783. The Morgan fingerprint density at radius 2 is 2.33 bits per heavy atom. The molecule has 100 valence electrons. The standard InChI is InChI=1S/C10H17N5O3/c1-2-18-7-3-6-12-10-8(15(16)17)4-5-9(13-10)14-11/h4-5H,2-3,6-7,11H2,1H3,(H2,12,13,14). The van der Waals surface area contributed by atoms with Crippen molar-refractivity contribution in [3.8, 4) is 0 Å². The molecule has 0 saturated heterocycles. The summed E-state index contributed by atoms with van der Waals surface area (Å²) in [6.07, 6.45) is 0.743. The van der Waals surface area contributed by atoms with Gasteiger partial charge < -0.3 is 15.5 Å². The second kappa shape index (κ2) is 7.41. The molecule has 8 nitrogen and oxygen atoms in total. The Morgan fingerprint density at radius 1 is 1.56 bits per heavy atom. The molecular formula is C10H17N5O3. The van der Waals surface area contributed by atoms with Crippen LogP contribution < -0.4 is 16.6 Å². The van der Waals surface area contributed by atoms with Crippen molar-refractivity contribution in [3.05, 3.63) is 22.2 Å². The quantitative estimate of drug-likeness (QED) is 0.276. The highest BCUT2D eigenvalue weighted by Gasteiger charge is 2.15. The molecule has 18 heavy (non-hydrogen) atoms. The molecule has 0 spiro atoms. The van der Waals surface area contributed by atoms with Crippen LogP contribution in [0.3, 0.4) is 0 Å². The first-order valence-corrected chi connectivity index (χ1v) is 5.62. The molecule has 0 bridgehead atoms. The van der Waals surface area contributed by atoms with Crippen LogP contribution in [0.15, 0.2) is 12.1 Å². The van der Waals surface area contributed by atoms with E-state index in [4.69, 9.17) is 10.6 Å². The molecule has 0 aliphatic heterocycles. The number of ether oxygens (including phenoxy) is 1. The summed E-state index contributed by atoms with van der Waals surface area (Å²) in [5.41, 5.74) is 2.27. The van der Waals surface area contributed by atoms with Crippen LogP contribution in [0.2, 0.25) is 0 Å². The molecule has 4 N–H and O–H groups in total. The van der Waals surface area contributed by atoms with Gasteiger partial charge in [-0.2, -0.15) is 0 Å². The maximum atomic E-state index is 10.8. The zero-order valence-electron chi connectivity index (χ0n) is 10.2. The van der Waals surface area contributed by atoms with Gasteiger partial charge >= 0.3 is 5.69 Å². The van der Waals surface area contributed by atoms with Gasteiger partial charge in [0, 0.05) is 25.8 Å². The molecule has 0 saturated carbocycles. The number of hydrogen-bond donors (Lipinski definition) is 3. The number of hydrazine groups is 1. The monoisotopic (exact) mass is 255 g/mol. The van der Waals surface area contributed by atoms with Gasteiger partial charge in [0.1, 0.15) is 5.82 Å². The second-order valence-corrected chi connectivity index (χ2v) is 3.44. The van der Waals surface area contributed by atoms with Crippen LogP contribution in [-0.4, -0.2) is 29.7 Å². The largest absolute Gasteiger partial charge is 0.382 e. The van der Waals surface area contributed by atoms with E-state index in [1.807, 2.05) is 6.92 Å². The topological polar surface area (TPSA) is 115 Å². The lowest BCUT2D eigenvalue weighted by molar-refractivity contribution is -0.384. The maximum Gasteiger partial charge on any atom is 0.311 e. The van der Waals surface area contributed by atoms with Gasteiger partial charge in [-0.15, -0.1) is 0 Å². The van der Waals surface area contributed by atoms with E-state index < -0.39 is 4.92 Å². The van der Waals surface area contributed by atoms with Crippen molar-refractivity contribution >= 4 is 17.3 Å². The summed E-state index contributed by atoms with van der Waals surface area (Å²) in [6.45, 7) is 3.72. The number of hydrogen-bond acceptors (Lipinski definition) is 7. The average molecular weight is 255 g/mol. The van der Waals surface area contributed by atoms with E-state index in [0.717, 1.165) is 6.42 Å². The van der Waals surface area contributed by atoms with Crippen molar-refractivity contribution < 1.29 is 9.66 Å². The fourth-order valence-corrected chi connectivity index (χ4v) is 1.33. The highest BCUT2D eigenvalue weighted by atomic mass is 16.6. The van der Waals surface area contributed by atoms with Gasteiger partial charge in [0.2, 0.25) is 5.82 Å². The predicted octanol–water partition coefficient (Wildman–Crippen LogP) is 1.11. The third kappa shape index (κ3) is 4.15. The third-order valence-corrected chi connectivity index (χ3v) is 2.18. The Labute approximate surface area is 105 Å². The van der Waals surface area contributed by atoms with Crippen LogP contribution in [0.25, 0.3) is 0 Å². The smallest absolute Gasteiger partial charge is 0.311 e. The normalized spacial score (nSPS) is 10.1. The van der Waals surface area contributed by atoms with Crippen LogP contribution in [-0.2, 0) is 4.74 Å². The predicted molar refractivity (Wildman–Crippen MR) is 68.3 cm³/mol. The molecule has 1 rings (SSSR count). The first-order valence-electron chi connectivity index (χ1n) is 5.62. The average Bonchev–Trinajstić information content (AvgIpc) is 2.38. The molecular weight excluding hydrogens is 238 g/mol. The minimum Gasteiger partial charge on any atom is -0.382 e. The molecule has 0 atom stereocenters. The Hall–Kier alpha value is -1.93. The van der Waals surface area contributed by atoms with Gasteiger partial charge in [0.25, 0.3) is 0 Å². The Balaban J connectivity index is 2.63. The maximum absolute atomic E-state index is 10.8. The molecule has 1 aromatic heterocycles. The molecule has 0 unspecified atom stereocenters. The first-order chi connectivity index (χ1) is 8.69. The SMILES string of the molecule is CCOCCCNc1nc(NN)ccc1[N+](=O)[O-]. The van der Waals surface area contributed by atoms with E-state index in [9.17, 15) is 10.1 Å². The summed E-state index contributed by atoms with van der Waals surface area (Å²) < 4.78 is 5.17. The van der Waals surface area contributed by atoms with Gasteiger partial charge in [0.05, 0.1) is 4.92 Å². The van der Waals surface area contributed by atoms with Crippen molar-refractivity contribution in [2.45, 2.75) is 13.3 Å². The number of pyridine rings is 1. The van der Waals surface area contributed by atoms with Crippen molar-refractivity contribution in [2.75, 3.05) is 30.5 Å². The molecule has 0 fully saturated rings. The van der Waals surface area contributed by atoms with Crippen molar-refractivity contribution in [1.29, 1.82) is 0 Å². The van der Waals surface area contributed by atoms with E-state index in [1.165, 1.54) is 12.1 Å². The summed E-state index contributed by atoms with van der Waals surface area (Å²) in [6, 6.07) is 2.80. The van der Waals surface area contributed by atoms with Crippen LogP contribution in [0.1, 0.15) is 13.3 Å². The molecule has 0 aromatic carbocycles. The van der Waals surface area contributed by atoms with Gasteiger partial charge in [-0.3, -0.25) is 10.1 Å². The number of nitrogens with two attached hydrogens (primary N) is 1. The number of nitrogen functional groups attached to an aromatic ring is 1. The lowest BCUT2D eigenvalue weighted by Crippen LogP contribution is -2.12. The molecule has 0 radical (unpaired) electrons. The number of nitrogens with one attached hydrogen (secondary N) is 2. The van der Waals surface area contributed by atoms with E-state index >= 15 is 0 Å². The fourth-order valence-electron chi connectivity index (χ4n) is 1.33. The molecule has 0 amide bonds. The number of anilines is 2. The van der Waals surface area contributed by atoms with Crippen molar-refractivity contribution in [3.63, 3.8) is 0 Å². The molecule has 1 heterocycles. The minimum atomic E-state index is -0.488. The van der Waals surface area contributed by atoms with Gasteiger partial charge in [0.15, 0.2) is 0 Å². The highest BCUT2D eigenvalue weighted by molar-refractivity contribution is 5.59. The molecule has 1 aromatic rings. The van der Waals surface area contributed by atoms with Crippen molar-refractivity contribution in [1.82, 2.24) is 4.98 Å². The molecule has 8 heteroatoms. The van der Waals surface area contributed by atoms with E-state index in [1.54, 1.807) is 0 Å². The zero-order valence-corrected chi connectivity index (χ0v) is 10.2. The second-order valence-electron chi connectivity index (χ2n) is 3.44. The fraction of sp³-hybridized carbons (Fsp3) is 0.500. The van der Waals surface area contributed by atoms with E-state index in [-0.39, 0.29) is 11.5 Å². The van der Waals surface area contributed by atoms with Gasteiger partial charge in [-0.25, -0.2) is 10.8 Å². The van der Waals surface area contributed by atoms with Gasteiger partial charge in [-0.1, -0.05) is 0 Å². The van der Waals surface area contributed by atoms with Crippen molar-refractivity contribution in [2.24, 2.45) is 5.84 Å². The number of rotatable bonds is 8. The van der Waals surface area contributed by atoms with Crippen LogP contribution >= 0.6 is 0 Å². The Bertz CT molecular complexity index is 399. The number of aromatic nitrogens is 1. The molecule has 0 aliphatic rings. The lowest BCUT2D eigenvalue weighted by atomic mass is 10.3. The highest BCUT2D eigenvalue weighted by Crippen LogP contribution is 2.23. The third-order valence-electron chi connectivity index (χ3n) is 2.18. The first kappa shape index (κ1) is 14.1. The molecule has 0 aliphatic carbocycles. The van der Waals surface area contributed by atoms with Crippen LogP contribution in [0.5, 0.6) is 0 Å². The van der Waals surface area contributed by atoms with Gasteiger partial charge in [-0.05, 0) is 19.4 Å². The van der Waals surface area contributed by atoms with E-state index in [2.05, 4.69) is 15.7 Å². The summed E-state index contributed by atoms with van der Waals surface area (Å²) >= 11 is 0. The summed E-state index contributed by atoms with van der Waals surface area (Å²) in [4.78, 5) is 14.3. The van der Waals surface area contributed by atoms with Crippen LogP contribution in [0.4, 0.5) is 17.3 Å². The number of nitro groups is 1. The summed E-state index contributed by atoms with van der Waals surface area (Å²) in [7, 11) is 0. The van der Waals surface area contributed by atoms with Crippen LogP contribution in [0, 0.1) is 10.1 Å². The zero-order chi connectivity index (χ0) is 13.4. The summed E-state index contributed by atoms with van der Waals surface area (Å²) in [5.74, 6) is 5.78. The van der Waals surface area contributed by atoms with E-state index in [0.29, 0.717) is 25.6 Å². The lowest BCUT2D eigenvalue weighted by Gasteiger charge is -2.07.